The second kappa shape index (κ2) is 10.9. The maximum Gasteiger partial charge on any atom is 0.417 e. The summed E-state index contributed by atoms with van der Waals surface area (Å²) in [7, 11) is -4.00. The first kappa shape index (κ1) is 26.6. The van der Waals surface area contributed by atoms with Crippen LogP contribution in [0.2, 0.25) is 0 Å². The van der Waals surface area contributed by atoms with Crippen molar-refractivity contribution in [3.63, 3.8) is 0 Å². The Labute approximate surface area is 219 Å². The predicted octanol–water partition coefficient (Wildman–Crippen LogP) is 5.57. The van der Waals surface area contributed by atoms with Crippen molar-refractivity contribution in [2.75, 3.05) is 10.6 Å². The predicted molar refractivity (Wildman–Crippen MR) is 147 cm³/mol. The molecular formula is C27H27N5O5S. The molecule has 0 fully saturated rings. The summed E-state index contributed by atoms with van der Waals surface area (Å²) in [5.74, 6) is 0.720. The Morgan fingerprint density at radius 3 is 2.18 bits per heavy atom. The van der Waals surface area contributed by atoms with Crippen LogP contribution in [0.1, 0.15) is 22.3 Å². The lowest BCUT2D eigenvalue weighted by molar-refractivity contribution is 0.483. The fourth-order valence-corrected chi connectivity index (χ4v) is 4.13. The fraction of sp³-hybridized carbons (Fsp3) is 0.148. The first-order valence-electron chi connectivity index (χ1n) is 11.6. The van der Waals surface area contributed by atoms with Gasteiger partial charge in [0.1, 0.15) is 5.82 Å². The van der Waals surface area contributed by atoms with Crippen LogP contribution in [0.4, 0.5) is 23.1 Å². The first-order chi connectivity index (χ1) is 18.0. The number of nitrogens with one attached hydrogen (secondary N) is 3. The van der Waals surface area contributed by atoms with Crippen LogP contribution >= 0.6 is 0 Å². The van der Waals surface area contributed by atoms with Crippen molar-refractivity contribution in [2.24, 2.45) is 0 Å². The minimum atomic E-state index is -4.00. The normalized spacial score (nSPS) is 11.1. The zero-order valence-corrected chi connectivity index (χ0v) is 22.1. The monoisotopic (exact) mass is 533 g/mol. The van der Waals surface area contributed by atoms with E-state index in [-0.39, 0.29) is 4.90 Å². The molecule has 0 aliphatic carbocycles. The number of nitrogens with zero attached hydrogens (tertiary/aromatic N) is 2. The van der Waals surface area contributed by atoms with Gasteiger partial charge in [-0.05, 0) is 86.8 Å². The molecule has 10 nitrogen and oxygen atoms in total. The van der Waals surface area contributed by atoms with Gasteiger partial charge in [-0.2, -0.15) is 13.4 Å². The van der Waals surface area contributed by atoms with E-state index < -0.39 is 15.9 Å². The Morgan fingerprint density at radius 2 is 1.55 bits per heavy atom. The minimum Gasteiger partial charge on any atom is -0.408 e. The van der Waals surface area contributed by atoms with Gasteiger partial charge in [0, 0.05) is 23.1 Å². The number of aromatic amines is 1. The quantitative estimate of drug-likeness (QED) is 0.213. The summed E-state index contributed by atoms with van der Waals surface area (Å²) in [4.78, 5) is 22.9. The fourth-order valence-electron chi connectivity index (χ4n) is 3.62. The zero-order chi connectivity index (χ0) is 27.4. The molecule has 0 saturated carbocycles. The summed E-state index contributed by atoms with van der Waals surface area (Å²) in [5, 5.41) is 6.55. The summed E-state index contributed by atoms with van der Waals surface area (Å²) in [6.07, 6.45) is 1.77. The molecule has 0 spiro atoms. The molecule has 4 N–H and O–H groups in total. The molecule has 0 unspecified atom stereocenters. The van der Waals surface area contributed by atoms with Crippen LogP contribution in [-0.4, -0.2) is 27.9 Å². The van der Waals surface area contributed by atoms with Crippen molar-refractivity contribution in [3.05, 3.63) is 99.7 Å². The highest BCUT2D eigenvalue weighted by Gasteiger charge is 2.09. The molecule has 0 amide bonds. The van der Waals surface area contributed by atoms with Gasteiger partial charge in [0.2, 0.25) is 5.95 Å². The number of hydrogen-bond acceptors (Lipinski definition) is 8. The number of anilines is 4. The first-order valence-corrected chi connectivity index (χ1v) is 13.0. The number of aryl methyl sites for hydroxylation is 3. The number of aromatic nitrogens is 3. The molecule has 0 aliphatic heterocycles. The molecule has 0 radical (unpaired) electrons. The maximum absolute atomic E-state index is 11.3. The minimum absolute atomic E-state index is 0.0741. The van der Waals surface area contributed by atoms with E-state index in [4.69, 9.17) is 8.97 Å². The molecule has 0 aliphatic rings. The lowest BCUT2D eigenvalue weighted by atomic mass is 10.0. The molecule has 11 heteroatoms. The van der Waals surface area contributed by atoms with Crippen LogP contribution in [0.15, 0.2) is 81.0 Å². The molecule has 196 valence electrons. The molecule has 5 rings (SSSR count). The van der Waals surface area contributed by atoms with Gasteiger partial charge >= 0.3 is 5.76 Å². The van der Waals surface area contributed by atoms with Gasteiger partial charge in [0.05, 0.1) is 10.4 Å². The second-order valence-corrected chi connectivity index (χ2v) is 10.1. The largest absolute Gasteiger partial charge is 0.417 e. The number of oxazole rings is 1. The smallest absolute Gasteiger partial charge is 0.408 e. The van der Waals surface area contributed by atoms with Gasteiger partial charge in [0.15, 0.2) is 5.58 Å². The molecule has 2 heterocycles. The Hall–Kier alpha value is -4.48. The highest BCUT2D eigenvalue weighted by molar-refractivity contribution is 7.85. The van der Waals surface area contributed by atoms with Gasteiger partial charge in [-0.15, -0.1) is 0 Å². The second-order valence-electron chi connectivity index (χ2n) is 8.72. The third-order valence-corrected chi connectivity index (χ3v) is 6.75. The summed E-state index contributed by atoms with van der Waals surface area (Å²) < 4.78 is 34.3. The Balaban J connectivity index is 0.000000283. The third-order valence-electron chi connectivity index (χ3n) is 5.88. The van der Waals surface area contributed by atoms with Crippen molar-refractivity contribution in [2.45, 2.75) is 32.6 Å². The van der Waals surface area contributed by atoms with Crippen LogP contribution in [0.25, 0.3) is 11.1 Å². The summed E-state index contributed by atoms with van der Waals surface area (Å²) in [5.41, 5.74) is 7.51. The van der Waals surface area contributed by atoms with Gasteiger partial charge in [-0.1, -0.05) is 18.2 Å². The Kier molecular flexibility index (Phi) is 7.60. The van der Waals surface area contributed by atoms with Gasteiger partial charge in [0.25, 0.3) is 10.1 Å². The van der Waals surface area contributed by atoms with Crippen molar-refractivity contribution in [1.29, 1.82) is 0 Å². The van der Waals surface area contributed by atoms with Crippen molar-refractivity contribution in [3.8, 4) is 0 Å². The number of rotatable bonds is 5. The van der Waals surface area contributed by atoms with Gasteiger partial charge < -0.3 is 15.1 Å². The topological polar surface area (TPSA) is 150 Å². The summed E-state index contributed by atoms with van der Waals surface area (Å²) in [6.45, 7) is 8.23. The molecule has 2 aromatic heterocycles. The van der Waals surface area contributed by atoms with E-state index in [1.54, 1.807) is 30.5 Å². The van der Waals surface area contributed by atoms with E-state index in [2.05, 4.69) is 58.5 Å². The third kappa shape index (κ3) is 6.44. The molecule has 5 aromatic rings. The Morgan fingerprint density at radius 1 is 0.868 bits per heavy atom. The lowest BCUT2D eigenvalue weighted by Gasteiger charge is -2.13. The lowest BCUT2D eigenvalue weighted by Crippen LogP contribution is -2.03. The van der Waals surface area contributed by atoms with Crippen molar-refractivity contribution < 1.29 is 17.4 Å². The standard InChI is InChI=1S/C21H21N5O2.C6H6O3S/c1-11-7-16(8-12(2)14(11)4)24-20-22-10-13(3)19(26-20)23-15-5-6-18-17(9-15)25-21(27)28-18;7-10(8,9)6-4-2-1-3-5-6/h5-10H,1-4H3,(H,25,27)(H2,22,23,24,26);1-5H,(H,7,8,9). The van der Waals surface area contributed by atoms with Crippen LogP contribution in [-0.2, 0) is 10.1 Å². The average Bonchev–Trinajstić information content (AvgIpc) is 3.24. The van der Waals surface area contributed by atoms with Gasteiger partial charge in [-0.25, -0.2) is 9.78 Å². The SMILES string of the molecule is Cc1cnc(Nc2cc(C)c(C)c(C)c2)nc1Nc1ccc2oc(=O)[nH]c2c1.O=S(=O)(O)c1ccccc1. The average molecular weight is 534 g/mol. The molecule has 38 heavy (non-hydrogen) atoms. The van der Waals surface area contributed by atoms with Crippen molar-refractivity contribution in [1.82, 2.24) is 15.0 Å². The van der Waals surface area contributed by atoms with E-state index in [0.717, 1.165) is 16.9 Å². The van der Waals surface area contributed by atoms with Crippen LogP contribution in [0, 0.1) is 27.7 Å². The zero-order valence-electron chi connectivity index (χ0n) is 21.2. The molecular weight excluding hydrogens is 506 g/mol. The van der Waals surface area contributed by atoms with E-state index in [9.17, 15) is 13.2 Å². The van der Waals surface area contributed by atoms with E-state index in [0.29, 0.717) is 22.9 Å². The number of H-pyrrole nitrogens is 1. The van der Waals surface area contributed by atoms with Crippen LogP contribution in [0.5, 0.6) is 0 Å². The van der Waals surface area contributed by atoms with E-state index in [1.807, 2.05) is 19.1 Å². The maximum atomic E-state index is 11.3. The van der Waals surface area contributed by atoms with E-state index in [1.165, 1.54) is 28.8 Å². The van der Waals surface area contributed by atoms with Crippen LogP contribution < -0.4 is 16.4 Å². The summed E-state index contributed by atoms with van der Waals surface area (Å²) >= 11 is 0. The molecule has 3 aromatic carbocycles. The number of hydrogen-bond donors (Lipinski definition) is 4. The highest BCUT2D eigenvalue weighted by Crippen LogP contribution is 2.25. The molecule has 0 saturated heterocycles. The number of benzene rings is 3. The molecule has 0 bridgehead atoms. The molecule has 0 atom stereocenters. The van der Waals surface area contributed by atoms with E-state index >= 15 is 0 Å². The highest BCUT2D eigenvalue weighted by atomic mass is 32.2. The number of fused-ring (bicyclic) bond motifs is 1. The van der Waals surface area contributed by atoms with Gasteiger partial charge in [-0.3, -0.25) is 9.54 Å². The Bertz CT molecular complexity index is 1740. The van der Waals surface area contributed by atoms with Crippen LogP contribution in [0.3, 0.4) is 0 Å². The summed E-state index contributed by atoms with van der Waals surface area (Å²) in [6, 6.07) is 17.0. The van der Waals surface area contributed by atoms with Crippen molar-refractivity contribution >= 4 is 44.4 Å².